The molecule has 1 saturated heterocycles. The second-order valence-electron chi connectivity index (χ2n) is 3.63. The zero-order valence-electron chi connectivity index (χ0n) is 6.49. The Balaban J connectivity index is 2.33. The van der Waals surface area contributed by atoms with Crippen LogP contribution >= 0.6 is 0 Å². The summed E-state index contributed by atoms with van der Waals surface area (Å²) in [6.07, 6.45) is 1.84. The first-order chi connectivity index (χ1) is 5.09. The Labute approximate surface area is 66.9 Å². The van der Waals surface area contributed by atoms with Gasteiger partial charge in [-0.2, -0.15) is 8.42 Å². The molecule has 0 aromatic heterocycles. The van der Waals surface area contributed by atoms with Crippen molar-refractivity contribution < 1.29 is 12.6 Å². The van der Waals surface area contributed by atoms with Gasteiger partial charge in [0.25, 0.3) is 10.1 Å². The topological polar surface area (TPSA) is 43.4 Å². The maximum Gasteiger partial charge on any atom is 0.270 e. The first kappa shape index (κ1) is 7.55. The lowest BCUT2D eigenvalue weighted by Crippen LogP contribution is -2.30. The highest BCUT2D eigenvalue weighted by atomic mass is 32.2. The average Bonchev–Trinajstić information content (AvgIpc) is 2.23. The van der Waals surface area contributed by atoms with Crippen molar-refractivity contribution in [2.24, 2.45) is 11.8 Å². The second-order valence-corrected chi connectivity index (χ2v) is 5.46. The zero-order chi connectivity index (χ0) is 8.06. The van der Waals surface area contributed by atoms with Crippen LogP contribution in [0.25, 0.3) is 0 Å². The molecule has 0 N–H and O–H groups in total. The number of hydrogen-bond donors (Lipinski definition) is 0. The van der Waals surface area contributed by atoms with Crippen LogP contribution in [0.1, 0.15) is 19.8 Å². The molecule has 2 rings (SSSR count). The molecule has 0 aromatic rings. The van der Waals surface area contributed by atoms with Gasteiger partial charge in [0.15, 0.2) is 0 Å². The second kappa shape index (κ2) is 2.20. The van der Waals surface area contributed by atoms with Gasteiger partial charge in [0.2, 0.25) is 0 Å². The van der Waals surface area contributed by atoms with E-state index in [0.29, 0.717) is 18.4 Å². The van der Waals surface area contributed by atoms with E-state index in [0.717, 1.165) is 12.8 Å². The van der Waals surface area contributed by atoms with Crippen LogP contribution in [-0.4, -0.2) is 20.3 Å². The van der Waals surface area contributed by atoms with E-state index in [4.69, 9.17) is 4.18 Å². The van der Waals surface area contributed by atoms with Crippen LogP contribution in [0, 0.1) is 11.8 Å². The normalized spacial score (nSPS) is 47.5. The Hall–Kier alpha value is -0.0900. The predicted octanol–water partition coefficient (Wildman–Crippen LogP) is 0.761. The van der Waals surface area contributed by atoms with Crippen molar-refractivity contribution in [3.05, 3.63) is 0 Å². The smallest absolute Gasteiger partial charge is 0.270 e. The molecule has 1 saturated carbocycles. The summed E-state index contributed by atoms with van der Waals surface area (Å²) in [5, 5.41) is -0.207. The Kier molecular flexibility index (Phi) is 1.51. The van der Waals surface area contributed by atoms with Gasteiger partial charge in [-0.25, -0.2) is 0 Å². The Bertz CT molecular complexity index is 257. The number of rotatable bonds is 0. The summed E-state index contributed by atoms with van der Waals surface area (Å²) in [5.41, 5.74) is 0. The summed E-state index contributed by atoms with van der Waals surface area (Å²) in [6, 6.07) is 0. The van der Waals surface area contributed by atoms with Crippen LogP contribution in [0.3, 0.4) is 0 Å². The van der Waals surface area contributed by atoms with Crippen LogP contribution in [0.2, 0.25) is 0 Å². The molecule has 0 amide bonds. The van der Waals surface area contributed by atoms with Crippen molar-refractivity contribution in [2.75, 3.05) is 6.61 Å². The quantitative estimate of drug-likeness (QED) is 0.512. The lowest BCUT2D eigenvalue weighted by atomic mass is 10.1. The molecule has 4 heteroatoms. The molecule has 1 aliphatic heterocycles. The SMILES string of the molecule is CC1CC2COS(=O)(=O)C1C2. The third kappa shape index (κ3) is 1.08. The van der Waals surface area contributed by atoms with Crippen LogP contribution in [0.4, 0.5) is 0 Å². The summed E-state index contributed by atoms with van der Waals surface area (Å²) in [6.45, 7) is 2.42. The Morgan fingerprint density at radius 3 is 2.73 bits per heavy atom. The molecule has 2 bridgehead atoms. The summed E-state index contributed by atoms with van der Waals surface area (Å²) < 4.78 is 27.3. The van der Waals surface area contributed by atoms with E-state index in [1.165, 1.54) is 0 Å². The van der Waals surface area contributed by atoms with Gasteiger partial charge in [0.1, 0.15) is 0 Å². The van der Waals surface area contributed by atoms with Crippen LogP contribution in [0.5, 0.6) is 0 Å². The largest absolute Gasteiger partial charge is 0.270 e. The maximum absolute atomic E-state index is 11.2. The van der Waals surface area contributed by atoms with Gasteiger partial charge >= 0.3 is 0 Å². The van der Waals surface area contributed by atoms with Crippen molar-refractivity contribution >= 4 is 10.1 Å². The first-order valence-corrected chi connectivity index (χ1v) is 5.45. The summed E-state index contributed by atoms with van der Waals surface area (Å²) >= 11 is 0. The molecule has 0 aromatic carbocycles. The van der Waals surface area contributed by atoms with Gasteiger partial charge in [-0.1, -0.05) is 6.92 Å². The van der Waals surface area contributed by atoms with Crippen LogP contribution in [0.15, 0.2) is 0 Å². The van der Waals surface area contributed by atoms with Crippen LogP contribution < -0.4 is 0 Å². The van der Waals surface area contributed by atoms with E-state index in [9.17, 15) is 8.42 Å². The molecule has 0 spiro atoms. The lowest BCUT2D eigenvalue weighted by Gasteiger charge is -2.19. The van der Waals surface area contributed by atoms with Gasteiger partial charge in [-0.15, -0.1) is 0 Å². The molecule has 0 radical (unpaired) electrons. The minimum atomic E-state index is -3.18. The van der Waals surface area contributed by atoms with E-state index in [-0.39, 0.29) is 5.25 Å². The highest BCUT2D eigenvalue weighted by Gasteiger charge is 2.44. The Morgan fingerprint density at radius 2 is 2.09 bits per heavy atom. The summed E-state index contributed by atoms with van der Waals surface area (Å²) in [5.74, 6) is 0.797. The number of hydrogen-bond acceptors (Lipinski definition) is 3. The molecule has 2 fully saturated rings. The van der Waals surface area contributed by atoms with E-state index >= 15 is 0 Å². The molecule has 1 heterocycles. The van der Waals surface area contributed by atoms with Gasteiger partial charge < -0.3 is 0 Å². The predicted molar refractivity (Wildman–Crippen MR) is 40.5 cm³/mol. The van der Waals surface area contributed by atoms with E-state index in [1.54, 1.807) is 0 Å². The molecule has 2 aliphatic rings. The van der Waals surface area contributed by atoms with E-state index < -0.39 is 10.1 Å². The molecule has 1 aliphatic carbocycles. The molecule has 3 nitrogen and oxygen atoms in total. The number of fused-ring (bicyclic) bond motifs is 2. The summed E-state index contributed by atoms with van der Waals surface area (Å²) in [7, 11) is -3.18. The minimum absolute atomic E-state index is 0.207. The molecule has 64 valence electrons. The van der Waals surface area contributed by atoms with Crippen molar-refractivity contribution in [1.82, 2.24) is 0 Å². The Morgan fingerprint density at radius 1 is 1.36 bits per heavy atom. The fraction of sp³-hybridized carbons (Fsp3) is 1.00. The standard InChI is InChI=1S/C7H12O3S/c1-5-2-6-3-7(5)11(8,9)10-4-6/h5-7H,2-4H2,1H3. The maximum atomic E-state index is 11.2. The molecular formula is C7H12O3S. The van der Waals surface area contributed by atoms with Crippen molar-refractivity contribution in [3.8, 4) is 0 Å². The van der Waals surface area contributed by atoms with E-state index in [2.05, 4.69) is 0 Å². The van der Waals surface area contributed by atoms with Gasteiger partial charge in [0, 0.05) is 0 Å². The highest BCUT2D eigenvalue weighted by molar-refractivity contribution is 7.87. The fourth-order valence-electron chi connectivity index (χ4n) is 2.15. The molecule has 11 heavy (non-hydrogen) atoms. The minimum Gasteiger partial charge on any atom is -0.270 e. The zero-order valence-corrected chi connectivity index (χ0v) is 7.30. The third-order valence-electron chi connectivity index (χ3n) is 2.74. The fourth-order valence-corrected chi connectivity index (χ4v) is 3.90. The lowest BCUT2D eigenvalue weighted by molar-refractivity contribution is 0.238. The van der Waals surface area contributed by atoms with Crippen molar-refractivity contribution in [2.45, 2.75) is 25.0 Å². The van der Waals surface area contributed by atoms with Gasteiger partial charge in [-0.05, 0) is 24.7 Å². The third-order valence-corrected chi connectivity index (χ3v) is 4.61. The van der Waals surface area contributed by atoms with Gasteiger partial charge in [-0.3, -0.25) is 4.18 Å². The van der Waals surface area contributed by atoms with E-state index in [1.807, 2.05) is 6.92 Å². The first-order valence-electron chi connectivity index (χ1n) is 3.98. The molecular weight excluding hydrogens is 164 g/mol. The van der Waals surface area contributed by atoms with Crippen molar-refractivity contribution in [3.63, 3.8) is 0 Å². The average molecular weight is 176 g/mol. The van der Waals surface area contributed by atoms with Crippen LogP contribution in [-0.2, 0) is 14.3 Å². The summed E-state index contributed by atoms with van der Waals surface area (Å²) in [4.78, 5) is 0. The molecule has 3 atom stereocenters. The molecule has 3 unspecified atom stereocenters. The van der Waals surface area contributed by atoms with Crippen molar-refractivity contribution in [1.29, 1.82) is 0 Å². The highest BCUT2D eigenvalue weighted by Crippen LogP contribution is 2.40. The van der Waals surface area contributed by atoms with Gasteiger partial charge in [0.05, 0.1) is 11.9 Å². The monoisotopic (exact) mass is 176 g/mol.